The van der Waals surface area contributed by atoms with Crippen molar-refractivity contribution in [2.75, 3.05) is 48.8 Å². The highest BCUT2D eigenvalue weighted by atomic mass is 32.2. The Balaban J connectivity index is 1.23. The summed E-state index contributed by atoms with van der Waals surface area (Å²) in [5.41, 5.74) is 2.41. The van der Waals surface area contributed by atoms with Crippen LogP contribution in [0.1, 0.15) is 18.9 Å². The van der Waals surface area contributed by atoms with Crippen LogP contribution in [0.5, 0.6) is 5.75 Å². The first kappa shape index (κ1) is 24.9. The Kier molecular flexibility index (Phi) is 8.84. The third-order valence-corrected chi connectivity index (χ3v) is 7.05. The standard InChI is InChI=1S/C27H33N5O2S/c1-21(12-13-22-8-4-3-5-9-22)30-26(33)19-35-27-18-25(28-20-29-27)32-16-14-31(15-17-32)23-10-6-7-11-24(23)34-2/h3-11,18,20-21H,12-17,19H2,1-2H3,(H,30,33). The molecule has 2 aromatic carbocycles. The summed E-state index contributed by atoms with van der Waals surface area (Å²) in [6.07, 6.45) is 3.46. The highest BCUT2D eigenvalue weighted by Crippen LogP contribution is 2.29. The average molecular weight is 492 g/mol. The molecule has 1 aliphatic rings. The Morgan fingerprint density at radius 3 is 2.51 bits per heavy atom. The van der Waals surface area contributed by atoms with Gasteiger partial charge in [-0.2, -0.15) is 0 Å². The molecule has 1 fully saturated rings. The number of carbonyl (C=O) groups excluding carboxylic acids is 1. The van der Waals surface area contributed by atoms with Gasteiger partial charge in [0.1, 0.15) is 22.9 Å². The molecule has 1 aliphatic heterocycles. The lowest BCUT2D eigenvalue weighted by atomic mass is 10.1. The molecule has 4 rings (SSSR count). The highest BCUT2D eigenvalue weighted by molar-refractivity contribution is 7.99. The van der Waals surface area contributed by atoms with Crippen molar-refractivity contribution in [1.82, 2.24) is 15.3 Å². The van der Waals surface area contributed by atoms with Gasteiger partial charge >= 0.3 is 0 Å². The van der Waals surface area contributed by atoms with E-state index in [-0.39, 0.29) is 11.9 Å². The quantitative estimate of drug-likeness (QED) is 0.339. The average Bonchev–Trinajstić information content (AvgIpc) is 2.91. The second-order valence-electron chi connectivity index (χ2n) is 8.64. The van der Waals surface area contributed by atoms with Gasteiger partial charge in [-0.1, -0.05) is 54.2 Å². The van der Waals surface area contributed by atoms with Gasteiger partial charge in [-0.25, -0.2) is 9.97 Å². The van der Waals surface area contributed by atoms with Gasteiger partial charge in [-0.3, -0.25) is 4.79 Å². The Bertz CT molecular complexity index is 1090. The zero-order chi connectivity index (χ0) is 24.5. The third-order valence-electron chi connectivity index (χ3n) is 6.12. The van der Waals surface area contributed by atoms with Crippen LogP contribution in [0.4, 0.5) is 11.5 Å². The molecule has 2 heterocycles. The number of hydrogen-bond acceptors (Lipinski definition) is 7. The smallest absolute Gasteiger partial charge is 0.230 e. The van der Waals surface area contributed by atoms with Crippen molar-refractivity contribution in [3.63, 3.8) is 0 Å². The van der Waals surface area contributed by atoms with Crippen molar-refractivity contribution in [2.24, 2.45) is 0 Å². The molecule has 0 bridgehead atoms. The fourth-order valence-corrected chi connectivity index (χ4v) is 4.88. The Hall–Kier alpha value is -3.26. The number of nitrogens with one attached hydrogen (secondary N) is 1. The topological polar surface area (TPSA) is 70.6 Å². The van der Waals surface area contributed by atoms with Gasteiger partial charge in [-0.05, 0) is 37.5 Å². The van der Waals surface area contributed by atoms with Crippen molar-refractivity contribution in [2.45, 2.75) is 30.8 Å². The van der Waals surface area contributed by atoms with Gasteiger partial charge < -0.3 is 19.9 Å². The zero-order valence-electron chi connectivity index (χ0n) is 20.4. The number of benzene rings is 2. The number of carbonyl (C=O) groups is 1. The minimum atomic E-state index is 0.0288. The summed E-state index contributed by atoms with van der Waals surface area (Å²) in [4.78, 5) is 25.9. The lowest BCUT2D eigenvalue weighted by Crippen LogP contribution is -2.47. The molecular formula is C27H33N5O2S. The molecule has 1 aromatic heterocycles. The van der Waals surface area contributed by atoms with E-state index >= 15 is 0 Å². The van der Waals surface area contributed by atoms with E-state index in [1.807, 2.05) is 42.5 Å². The number of nitrogens with zero attached hydrogens (tertiary/aromatic N) is 4. The summed E-state index contributed by atoms with van der Waals surface area (Å²) in [6.45, 7) is 5.54. The summed E-state index contributed by atoms with van der Waals surface area (Å²) < 4.78 is 5.52. The maximum atomic E-state index is 12.4. The van der Waals surface area contributed by atoms with Gasteiger partial charge in [-0.15, -0.1) is 0 Å². The van der Waals surface area contributed by atoms with Crippen LogP contribution in [-0.2, 0) is 11.2 Å². The molecule has 0 radical (unpaired) electrons. The van der Waals surface area contributed by atoms with E-state index < -0.39 is 0 Å². The number of methoxy groups -OCH3 is 1. The number of rotatable bonds is 10. The van der Waals surface area contributed by atoms with Crippen LogP contribution in [0.15, 0.2) is 72.0 Å². The molecule has 35 heavy (non-hydrogen) atoms. The Labute approximate surface area is 211 Å². The Morgan fingerprint density at radius 2 is 1.74 bits per heavy atom. The summed E-state index contributed by atoms with van der Waals surface area (Å²) in [7, 11) is 1.71. The van der Waals surface area contributed by atoms with E-state index in [1.165, 1.54) is 17.3 Å². The molecule has 3 aromatic rings. The maximum Gasteiger partial charge on any atom is 0.230 e. The fraction of sp³-hybridized carbons (Fsp3) is 0.370. The largest absolute Gasteiger partial charge is 0.495 e. The highest BCUT2D eigenvalue weighted by Gasteiger charge is 2.21. The van der Waals surface area contributed by atoms with Crippen molar-refractivity contribution >= 4 is 29.2 Å². The van der Waals surface area contributed by atoms with Crippen LogP contribution in [-0.4, -0.2) is 61.0 Å². The van der Waals surface area contributed by atoms with Crippen molar-refractivity contribution in [3.05, 3.63) is 72.6 Å². The van der Waals surface area contributed by atoms with Crippen LogP contribution in [0.2, 0.25) is 0 Å². The molecule has 1 amide bonds. The van der Waals surface area contributed by atoms with Gasteiger partial charge in [0, 0.05) is 38.3 Å². The molecule has 0 aliphatic carbocycles. The van der Waals surface area contributed by atoms with E-state index in [2.05, 4.69) is 50.2 Å². The van der Waals surface area contributed by atoms with Crippen LogP contribution < -0.4 is 19.9 Å². The van der Waals surface area contributed by atoms with Crippen molar-refractivity contribution < 1.29 is 9.53 Å². The van der Waals surface area contributed by atoms with Crippen LogP contribution >= 0.6 is 11.8 Å². The molecule has 1 unspecified atom stereocenters. The van der Waals surface area contributed by atoms with Gasteiger partial charge in [0.2, 0.25) is 5.91 Å². The zero-order valence-corrected chi connectivity index (χ0v) is 21.2. The minimum Gasteiger partial charge on any atom is -0.495 e. The maximum absolute atomic E-state index is 12.4. The first-order valence-corrected chi connectivity index (χ1v) is 13.0. The predicted molar refractivity (Wildman–Crippen MR) is 143 cm³/mol. The number of hydrogen-bond donors (Lipinski definition) is 1. The van der Waals surface area contributed by atoms with E-state index in [9.17, 15) is 4.79 Å². The van der Waals surface area contributed by atoms with E-state index in [0.29, 0.717) is 5.75 Å². The van der Waals surface area contributed by atoms with E-state index in [4.69, 9.17) is 4.74 Å². The van der Waals surface area contributed by atoms with Gasteiger partial charge in [0.15, 0.2) is 0 Å². The summed E-state index contributed by atoms with van der Waals surface area (Å²) in [5, 5.41) is 3.91. The number of ether oxygens (including phenoxy) is 1. The molecule has 7 nitrogen and oxygen atoms in total. The third kappa shape index (κ3) is 7.11. The molecule has 1 N–H and O–H groups in total. The lowest BCUT2D eigenvalue weighted by Gasteiger charge is -2.37. The summed E-state index contributed by atoms with van der Waals surface area (Å²) in [6, 6.07) is 20.6. The fourth-order valence-electron chi connectivity index (χ4n) is 4.21. The predicted octanol–water partition coefficient (Wildman–Crippen LogP) is 4.04. The SMILES string of the molecule is COc1ccccc1N1CCN(c2cc(SCC(=O)NC(C)CCc3ccccc3)ncn2)CC1. The van der Waals surface area contributed by atoms with Crippen LogP contribution in [0, 0.1) is 0 Å². The summed E-state index contributed by atoms with van der Waals surface area (Å²) >= 11 is 1.45. The molecular weight excluding hydrogens is 458 g/mol. The normalized spacial score (nSPS) is 14.5. The number of para-hydroxylation sites is 2. The molecule has 184 valence electrons. The second-order valence-corrected chi connectivity index (χ2v) is 9.64. The molecule has 0 saturated carbocycles. The second kappa shape index (κ2) is 12.4. The van der Waals surface area contributed by atoms with Crippen LogP contribution in [0.25, 0.3) is 0 Å². The summed E-state index contributed by atoms with van der Waals surface area (Å²) in [5.74, 6) is 2.17. The number of piperazine rings is 1. The monoisotopic (exact) mass is 491 g/mol. The molecule has 8 heteroatoms. The van der Waals surface area contributed by atoms with E-state index in [0.717, 1.165) is 61.3 Å². The van der Waals surface area contributed by atoms with Gasteiger partial charge in [0.25, 0.3) is 0 Å². The first-order valence-electron chi connectivity index (χ1n) is 12.0. The number of aromatic nitrogens is 2. The van der Waals surface area contributed by atoms with Gasteiger partial charge in [0.05, 0.1) is 18.6 Å². The molecule has 1 atom stereocenters. The number of thioether (sulfide) groups is 1. The first-order chi connectivity index (χ1) is 17.1. The van der Waals surface area contributed by atoms with Crippen molar-refractivity contribution in [1.29, 1.82) is 0 Å². The van der Waals surface area contributed by atoms with E-state index in [1.54, 1.807) is 13.4 Å². The lowest BCUT2D eigenvalue weighted by molar-refractivity contribution is -0.119. The minimum absolute atomic E-state index is 0.0288. The number of aryl methyl sites for hydroxylation is 1. The Morgan fingerprint density at radius 1 is 1.03 bits per heavy atom. The number of anilines is 2. The molecule has 0 spiro atoms. The van der Waals surface area contributed by atoms with Crippen molar-refractivity contribution in [3.8, 4) is 5.75 Å². The molecule has 1 saturated heterocycles. The van der Waals surface area contributed by atoms with Crippen LogP contribution in [0.3, 0.4) is 0 Å². The number of amides is 1.